The Morgan fingerprint density at radius 3 is 1.05 bits per heavy atom. The summed E-state index contributed by atoms with van der Waals surface area (Å²) in [6.07, 6.45) is 27.0. The van der Waals surface area contributed by atoms with Gasteiger partial charge >= 0.3 is 6.18 Å². The molecule has 0 bridgehead atoms. The average Bonchev–Trinajstić information content (AvgIpc) is 3.22. The third-order valence-corrected chi connectivity index (χ3v) is 10.5. The van der Waals surface area contributed by atoms with Crippen LogP contribution in [0.1, 0.15) is 297 Å². The van der Waals surface area contributed by atoms with Gasteiger partial charge in [-0.15, -0.1) is 0 Å². The minimum Gasteiger partial charge on any atom is -0.207 e. The number of hydrogen-bond acceptors (Lipinski definition) is 0. The van der Waals surface area contributed by atoms with E-state index in [1.54, 1.807) is 0 Å². The van der Waals surface area contributed by atoms with E-state index in [2.05, 4.69) is 121 Å². The molecule has 0 nitrogen and oxygen atoms in total. The number of aryl methyl sites for hydroxylation is 2. The average molecular weight is 948 g/mol. The molecule has 0 heterocycles. The van der Waals surface area contributed by atoms with Crippen LogP contribution >= 0.6 is 0 Å². The van der Waals surface area contributed by atoms with Gasteiger partial charge in [-0.3, -0.25) is 0 Å². The molecule has 1 aromatic carbocycles. The Bertz CT molecular complexity index is 921. The third-order valence-electron chi connectivity index (χ3n) is 10.5. The highest BCUT2D eigenvalue weighted by molar-refractivity contribution is 5.22. The summed E-state index contributed by atoms with van der Waals surface area (Å²) < 4.78 is 79.3. The van der Waals surface area contributed by atoms with Crippen LogP contribution in [0, 0.1) is 23.7 Å². The first-order chi connectivity index (χ1) is 30.3. The van der Waals surface area contributed by atoms with Crippen molar-refractivity contribution in [1.82, 2.24) is 0 Å². The molecule has 0 saturated heterocycles. The normalized spacial score (nSPS) is 11.3. The van der Waals surface area contributed by atoms with Crippen molar-refractivity contribution in [3.05, 3.63) is 35.4 Å². The van der Waals surface area contributed by atoms with Gasteiger partial charge in [0.15, 0.2) is 0 Å². The maximum absolute atomic E-state index is 11.7. The Morgan fingerprint density at radius 2 is 0.785 bits per heavy atom. The number of halogens is 7. The second kappa shape index (κ2) is 57.1. The number of hydrogen-bond donors (Lipinski definition) is 0. The van der Waals surface area contributed by atoms with Crippen molar-refractivity contribution in [2.24, 2.45) is 23.7 Å². The fourth-order valence-corrected chi connectivity index (χ4v) is 6.37. The Balaban J connectivity index is -0.000000122. The lowest BCUT2D eigenvalue weighted by molar-refractivity contribution is -0.130. The fourth-order valence-electron chi connectivity index (χ4n) is 6.37. The minimum atomic E-state index is -3.96. The van der Waals surface area contributed by atoms with Gasteiger partial charge in [0.1, 0.15) is 0 Å². The summed E-state index contributed by atoms with van der Waals surface area (Å²) in [4.78, 5) is 0. The highest BCUT2D eigenvalue weighted by Crippen LogP contribution is 2.29. The lowest BCUT2D eigenvalue weighted by Gasteiger charge is -2.14. The molecule has 0 radical (unpaired) electrons. The van der Waals surface area contributed by atoms with E-state index in [1.807, 2.05) is 13.8 Å². The second-order valence-electron chi connectivity index (χ2n) is 18.9. The number of rotatable bonds is 26. The van der Waals surface area contributed by atoms with Crippen LogP contribution in [0.25, 0.3) is 0 Å². The molecule has 0 amide bonds. The van der Waals surface area contributed by atoms with E-state index in [9.17, 15) is 30.7 Å². The maximum Gasteiger partial charge on any atom is 0.388 e. The Labute approximate surface area is 405 Å². The van der Waals surface area contributed by atoms with Crippen molar-refractivity contribution in [2.45, 2.75) is 317 Å². The highest BCUT2D eigenvalue weighted by Gasteiger charge is 2.35. The maximum atomic E-state index is 11.7. The molecule has 0 aliphatic rings. The molecule has 1 atom stereocenters. The zero-order chi connectivity index (χ0) is 52.2. The summed E-state index contributed by atoms with van der Waals surface area (Å²) in [7, 11) is 0. The van der Waals surface area contributed by atoms with Crippen LogP contribution in [-0.4, -0.2) is 18.0 Å². The summed E-state index contributed by atoms with van der Waals surface area (Å²) >= 11 is 0. The van der Waals surface area contributed by atoms with Crippen LogP contribution in [0.5, 0.6) is 0 Å². The molecule has 1 unspecified atom stereocenters. The van der Waals surface area contributed by atoms with Crippen LogP contribution in [0.15, 0.2) is 24.3 Å². The van der Waals surface area contributed by atoms with Gasteiger partial charge in [0.2, 0.25) is 0 Å². The van der Waals surface area contributed by atoms with Gasteiger partial charge in [0, 0.05) is 6.42 Å². The first-order valence-electron chi connectivity index (χ1n) is 27.2. The minimum absolute atomic E-state index is 0.477. The van der Waals surface area contributed by atoms with Crippen LogP contribution in [-0.2, 0) is 12.8 Å². The SMILES string of the molecule is CC.CC(F)(F)CC(C)(F)F.CCC(F)(F)F.CCCC(C)C.CCCC(C)CCCC(C)C.CCCCC(CC)CC.CCCCCCCC.CCCCCCc1ccc(CC)cc1. The largest absolute Gasteiger partial charge is 0.388 e. The smallest absolute Gasteiger partial charge is 0.207 e. The van der Waals surface area contributed by atoms with Crippen LogP contribution in [0.2, 0.25) is 0 Å². The lowest BCUT2D eigenvalue weighted by Crippen LogP contribution is -2.22. The molecule has 1 rings (SSSR count). The standard InChI is InChI=1S/C14H22.C11H24.C9H20.C8H18.C6H14.C5H8F4.C3H5F3.C2H6/c1-3-5-6-7-8-14-11-9-13(4-2)10-12-14;1-5-7-11(4)9-6-8-10(2)3;1-4-7-8-9(5-2)6-3;1-3-5-7-8-6-4-2;1-4-5-6(2)3;1-4(6,7)3-5(2,8)9;1-2-3(4,5)6;1-2/h9-12H,3-8H2,1-2H3;10-11H,5-9H2,1-4H3;9H,4-8H2,1-3H3;3-8H2,1-2H3;6H,4-5H2,1-3H3;3H2,1-2H3;2H2,1H3;1-2H3. The molecule has 398 valence electrons. The summed E-state index contributed by atoms with van der Waals surface area (Å²) in [5.41, 5.74) is 2.95. The van der Waals surface area contributed by atoms with E-state index in [0.29, 0.717) is 13.8 Å². The van der Waals surface area contributed by atoms with Gasteiger partial charge in [-0.2, -0.15) is 13.2 Å². The van der Waals surface area contributed by atoms with E-state index in [-0.39, 0.29) is 0 Å². The molecular formula is C58H117F7. The molecular weight excluding hydrogens is 830 g/mol. The van der Waals surface area contributed by atoms with E-state index in [1.165, 1.54) is 159 Å². The molecule has 65 heavy (non-hydrogen) atoms. The van der Waals surface area contributed by atoms with Gasteiger partial charge in [0.25, 0.3) is 11.8 Å². The van der Waals surface area contributed by atoms with Crippen molar-refractivity contribution in [3.8, 4) is 0 Å². The Hall–Kier alpha value is -1.27. The summed E-state index contributed by atoms with van der Waals surface area (Å²) in [6, 6.07) is 9.08. The van der Waals surface area contributed by atoms with Crippen LogP contribution in [0.3, 0.4) is 0 Å². The van der Waals surface area contributed by atoms with E-state index < -0.39 is 30.9 Å². The first-order valence-corrected chi connectivity index (χ1v) is 27.2. The van der Waals surface area contributed by atoms with Gasteiger partial charge in [-0.1, -0.05) is 277 Å². The van der Waals surface area contributed by atoms with Crippen molar-refractivity contribution >= 4 is 0 Å². The fraction of sp³-hybridized carbons (Fsp3) is 0.897. The molecule has 0 spiro atoms. The monoisotopic (exact) mass is 947 g/mol. The van der Waals surface area contributed by atoms with Crippen molar-refractivity contribution in [2.75, 3.05) is 0 Å². The van der Waals surface area contributed by atoms with Gasteiger partial charge in [-0.05, 0) is 67.9 Å². The number of benzene rings is 1. The predicted octanol–water partition coefficient (Wildman–Crippen LogP) is 23.7. The molecule has 0 N–H and O–H groups in total. The quantitative estimate of drug-likeness (QED) is 0.0641. The van der Waals surface area contributed by atoms with E-state index >= 15 is 0 Å². The van der Waals surface area contributed by atoms with E-state index in [4.69, 9.17) is 0 Å². The first kappa shape index (κ1) is 77.9. The van der Waals surface area contributed by atoms with Gasteiger partial charge < -0.3 is 0 Å². The predicted molar refractivity (Wildman–Crippen MR) is 282 cm³/mol. The van der Waals surface area contributed by atoms with Crippen LogP contribution in [0.4, 0.5) is 30.7 Å². The summed E-state index contributed by atoms with van der Waals surface area (Å²) in [5.74, 6) is -2.78. The van der Waals surface area contributed by atoms with Gasteiger partial charge in [0.05, 0.1) is 6.42 Å². The Morgan fingerprint density at radius 1 is 0.415 bits per heavy atom. The second-order valence-corrected chi connectivity index (χ2v) is 18.9. The topological polar surface area (TPSA) is 0 Å². The molecule has 0 saturated carbocycles. The van der Waals surface area contributed by atoms with Crippen LogP contribution < -0.4 is 0 Å². The summed E-state index contributed by atoms with van der Waals surface area (Å²) in [6.45, 7) is 37.9. The number of unbranched alkanes of at least 4 members (excludes halogenated alkanes) is 9. The zero-order valence-corrected chi connectivity index (χ0v) is 47.1. The molecule has 0 aromatic heterocycles. The molecule has 1 aromatic rings. The van der Waals surface area contributed by atoms with Gasteiger partial charge in [-0.25, -0.2) is 17.6 Å². The zero-order valence-electron chi connectivity index (χ0n) is 47.1. The lowest BCUT2D eigenvalue weighted by atomic mass is 9.96. The molecule has 0 aliphatic heterocycles. The molecule has 7 heteroatoms. The molecule has 0 fully saturated rings. The van der Waals surface area contributed by atoms with Crippen molar-refractivity contribution < 1.29 is 30.7 Å². The number of alkyl halides is 7. The Kier molecular flexibility index (Phi) is 68.4. The summed E-state index contributed by atoms with van der Waals surface area (Å²) in [5, 5.41) is 0. The third kappa shape index (κ3) is 89.9. The van der Waals surface area contributed by atoms with E-state index in [0.717, 1.165) is 37.0 Å². The highest BCUT2D eigenvalue weighted by atomic mass is 19.4. The molecule has 0 aliphatic carbocycles. The van der Waals surface area contributed by atoms with Crippen molar-refractivity contribution in [1.29, 1.82) is 0 Å². The van der Waals surface area contributed by atoms with Crippen molar-refractivity contribution in [3.63, 3.8) is 0 Å².